The van der Waals surface area contributed by atoms with Gasteiger partial charge in [0.25, 0.3) is 0 Å². The lowest BCUT2D eigenvalue weighted by atomic mass is 9.94. The molecule has 1 fully saturated rings. The minimum Gasteiger partial charge on any atom is -0.297 e. The van der Waals surface area contributed by atoms with Crippen LogP contribution < -0.4 is 0 Å². The minimum atomic E-state index is 0.126. The Morgan fingerprint density at radius 3 is 2.22 bits per heavy atom. The Bertz CT molecular complexity index is 667. The van der Waals surface area contributed by atoms with Crippen LogP contribution in [0.2, 0.25) is 0 Å². The van der Waals surface area contributed by atoms with Crippen LogP contribution >= 0.6 is 11.8 Å². The van der Waals surface area contributed by atoms with E-state index in [1.165, 1.54) is 17.1 Å². The molecule has 2 nitrogen and oxygen atoms in total. The maximum absolute atomic E-state index is 12.8. The highest BCUT2D eigenvalue weighted by molar-refractivity contribution is 7.99. The third kappa shape index (κ3) is 3.85. The van der Waals surface area contributed by atoms with Gasteiger partial charge < -0.3 is 0 Å². The summed E-state index contributed by atoms with van der Waals surface area (Å²) >= 11 is 2.03. The zero-order valence-electron chi connectivity index (χ0n) is 13.8. The lowest BCUT2D eigenvalue weighted by molar-refractivity contribution is 0.103. The maximum Gasteiger partial charge on any atom is 0.193 e. The first kappa shape index (κ1) is 16.3. The number of aryl methyl sites for hydroxylation is 2. The average Bonchev–Trinajstić information content (AvgIpc) is 2.56. The molecule has 0 bridgehead atoms. The van der Waals surface area contributed by atoms with E-state index in [1.807, 2.05) is 55.9 Å². The molecule has 1 aliphatic heterocycles. The van der Waals surface area contributed by atoms with Gasteiger partial charge >= 0.3 is 0 Å². The molecule has 0 aromatic heterocycles. The molecule has 0 amide bonds. The molecular formula is C20H23NOS. The number of rotatable bonds is 4. The molecular weight excluding hydrogens is 302 g/mol. The second-order valence-corrected chi connectivity index (χ2v) is 7.41. The predicted molar refractivity (Wildman–Crippen MR) is 98.4 cm³/mol. The van der Waals surface area contributed by atoms with Gasteiger partial charge in [-0.05, 0) is 30.5 Å². The first-order valence-electron chi connectivity index (χ1n) is 8.15. The van der Waals surface area contributed by atoms with Gasteiger partial charge in [0.1, 0.15) is 0 Å². The number of hydrogen-bond acceptors (Lipinski definition) is 3. The molecule has 23 heavy (non-hydrogen) atoms. The molecule has 2 aromatic rings. The van der Waals surface area contributed by atoms with E-state index in [0.717, 1.165) is 41.9 Å². The molecule has 3 rings (SSSR count). The van der Waals surface area contributed by atoms with Crippen molar-refractivity contribution in [1.29, 1.82) is 0 Å². The van der Waals surface area contributed by atoms with Gasteiger partial charge in [-0.3, -0.25) is 9.69 Å². The van der Waals surface area contributed by atoms with Crippen molar-refractivity contribution in [3.8, 4) is 0 Å². The zero-order chi connectivity index (χ0) is 16.2. The quantitative estimate of drug-likeness (QED) is 0.790. The fraction of sp³-hybridized carbons (Fsp3) is 0.350. The largest absolute Gasteiger partial charge is 0.297 e. The molecule has 0 atom stereocenters. The van der Waals surface area contributed by atoms with E-state index in [9.17, 15) is 4.79 Å². The van der Waals surface area contributed by atoms with E-state index in [-0.39, 0.29) is 5.78 Å². The van der Waals surface area contributed by atoms with Crippen LogP contribution in [0.3, 0.4) is 0 Å². The summed E-state index contributed by atoms with van der Waals surface area (Å²) in [5, 5.41) is 0. The molecule has 1 saturated heterocycles. The van der Waals surface area contributed by atoms with Crippen LogP contribution in [-0.2, 0) is 6.54 Å². The fourth-order valence-corrected chi connectivity index (χ4v) is 4.07. The molecule has 0 N–H and O–H groups in total. The molecule has 0 unspecified atom stereocenters. The van der Waals surface area contributed by atoms with Crippen molar-refractivity contribution in [2.24, 2.45) is 0 Å². The van der Waals surface area contributed by atoms with Gasteiger partial charge in [-0.25, -0.2) is 0 Å². The van der Waals surface area contributed by atoms with E-state index < -0.39 is 0 Å². The van der Waals surface area contributed by atoms with Crippen molar-refractivity contribution < 1.29 is 4.79 Å². The molecule has 0 radical (unpaired) electrons. The molecule has 1 heterocycles. The van der Waals surface area contributed by atoms with Gasteiger partial charge in [0, 0.05) is 42.3 Å². The Balaban J connectivity index is 1.75. The summed E-state index contributed by atoms with van der Waals surface area (Å²) < 4.78 is 0. The lowest BCUT2D eigenvalue weighted by Crippen LogP contribution is -2.31. The first-order chi connectivity index (χ1) is 11.1. The van der Waals surface area contributed by atoms with Crippen LogP contribution in [0.5, 0.6) is 0 Å². The normalized spacial score (nSPS) is 15.6. The molecule has 0 spiro atoms. The Labute approximate surface area is 142 Å². The van der Waals surface area contributed by atoms with Gasteiger partial charge in [-0.1, -0.05) is 42.5 Å². The average molecular weight is 325 g/mol. The second-order valence-electron chi connectivity index (χ2n) is 6.18. The number of carbonyl (C=O) groups excluding carboxylic acids is 1. The van der Waals surface area contributed by atoms with Gasteiger partial charge in [0.2, 0.25) is 0 Å². The Kier molecular flexibility index (Phi) is 5.19. The van der Waals surface area contributed by atoms with Gasteiger partial charge in [-0.15, -0.1) is 0 Å². The molecule has 0 aliphatic carbocycles. The maximum atomic E-state index is 12.8. The molecule has 1 aliphatic rings. The third-order valence-corrected chi connectivity index (χ3v) is 5.38. The van der Waals surface area contributed by atoms with Crippen molar-refractivity contribution in [3.63, 3.8) is 0 Å². The number of thioether (sulfide) groups is 1. The van der Waals surface area contributed by atoms with Crippen molar-refractivity contribution >= 4 is 17.5 Å². The standard InChI is InChI=1S/C20H23NOS/c1-15-4-3-5-16(2)19(15)20(22)18-8-6-17(7-9-18)14-21-10-12-23-13-11-21/h3-9H,10-14H2,1-2H3. The summed E-state index contributed by atoms with van der Waals surface area (Å²) in [5.74, 6) is 2.58. The van der Waals surface area contributed by atoms with Crippen LogP contribution in [0.25, 0.3) is 0 Å². The predicted octanol–water partition coefficient (Wildman–Crippen LogP) is 4.08. The van der Waals surface area contributed by atoms with Gasteiger partial charge in [0.15, 0.2) is 5.78 Å². The number of nitrogens with zero attached hydrogens (tertiary/aromatic N) is 1. The van der Waals surface area contributed by atoms with Crippen molar-refractivity contribution in [3.05, 3.63) is 70.3 Å². The highest BCUT2D eigenvalue weighted by Gasteiger charge is 2.15. The zero-order valence-corrected chi connectivity index (χ0v) is 14.7. The number of carbonyl (C=O) groups is 1. The van der Waals surface area contributed by atoms with E-state index in [0.29, 0.717) is 0 Å². The highest BCUT2D eigenvalue weighted by atomic mass is 32.2. The molecule has 2 aromatic carbocycles. The number of benzene rings is 2. The van der Waals surface area contributed by atoms with Crippen LogP contribution in [0.4, 0.5) is 0 Å². The summed E-state index contributed by atoms with van der Waals surface area (Å²) in [5.41, 5.74) is 5.00. The lowest BCUT2D eigenvalue weighted by Gasteiger charge is -2.26. The summed E-state index contributed by atoms with van der Waals surface area (Å²) in [6.45, 7) is 7.31. The second kappa shape index (κ2) is 7.33. The Hall–Kier alpha value is -1.58. The van der Waals surface area contributed by atoms with Crippen molar-refractivity contribution in [2.75, 3.05) is 24.6 Å². The van der Waals surface area contributed by atoms with E-state index >= 15 is 0 Å². The number of hydrogen-bond donors (Lipinski definition) is 0. The van der Waals surface area contributed by atoms with Crippen LogP contribution in [0.1, 0.15) is 32.6 Å². The first-order valence-corrected chi connectivity index (χ1v) is 9.30. The van der Waals surface area contributed by atoms with Crippen LogP contribution in [0.15, 0.2) is 42.5 Å². The monoisotopic (exact) mass is 325 g/mol. The van der Waals surface area contributed by atoms with Gasteiger partial charge in [0.05, 0.1) is 0 Å². The Morgan fingerprint density at radius 1 is 1.00 bits per heavy atom. The SMILES string of the molecule is Cc1cccc(C)c1C(=O)c1ccc(CN2CCSCC2)cc1. The number of ketones is 1. The third-order valence-electron chi connectivity index (χ3n) is 4.43. The summed E-state index contributed by atoms with van der Waals surface area (Å²) in [6.07, 6.45) is 0. The minimum absolute atomic E-state index is 0.126. The molecule has 120 valence electrons. The van der Waals surface area contributed by atoms with Crippen LogP contribution in [0, 0.1) is 13.8 Å². The fourth-order valence-electron chi connectivity index (χ4n) is 3.10. The van der Waals surface area contributed by atoms with E-state index in [4.69, 9.17) is 0 Å². The molecule has 3 heteroatoms. The topological polar surface area (TPSA) is 20.3 Å². The Morgan fingerprint density at radius 2 is 1.61 bits per heavy atom. The summed E-state index contributed by atoms with van der Waals surface area (Å²) in [4.78, 5) is 15.3. The smallest absolute Gasteiger partial charge is 0.193 e. The van der Waals surface area contributed by atoms with Crippen molar-refractivity contribution in [2.45, 2.75) is 20.4 Å². The van der Waals surface area contributed by atoms with E-state index in [2.05, 4.69) is 17.0 Å². The van der Waals surface area contributed by atoms with Crippen LogP contribution in [-0.4, -0.2) is 35.3 Å². The van der Waals surface area contributed by atoms with Gasteiger partial charge in [-0.2, -0.15) is 11.8 Å². The van der Waals surface area contributed by atoms with Crippen molar-refractivity contribution in [1.82, 2.24) is 4.90 Å². The highest BCUT2D eigenvalue weighted by Crippen LogP contribution is 2.19. The summed E-state index contributed by atoms with van der Waals surface area (Å²) in [7, 11) is 0. The summed E-state index contributed by atoms with van der Waals surface area (Å²) in [6, 6.07) is 14.2. The van der Waals surface area contributed by atoms with E-state index in [1.54, 1.807) is 0 Å². The molecule has 0 saturated carbocycles.